The number of nitrogens with zero attached hydrogens (tertiary/aromatic N) is 2. The molecule has 1 rings (SSSR count). The van der Waals surface area contributed by atoms with Crippen molar-refractivity contribution in [3.8, 4) is 5.75 Å². The second kappa shape index (κ2) is 11.3. The van der Waals surface area contributed by atoms with Crippen molar-refractivity contribution in [2.75, 3.05) is 47.5 Å². The fourth-order valence-electron chi connectivity index (χ4n) is 1.85. The second-order valence-corrected chi connectivity index (χ2v) is 5.45. The summed E-state index contributed by atoms with van der Waals surface area (Å²) in [4.78, 5) is 17.3. The molecule has 0 atom stereocenters. The third-order valence-corrected chi connectivity index (χ3v) is 3.34. The number of methoxy groups -OCH3 is 1. The smallest absolute Gasteiger partial charge is 0.243 e. The Balaban J connectivity index is 2.50. The third kappa shape index (κ3) is 7.80. The van der Waals surface area contributed by atoms with Crippen molar-refractivity contribution < 1.29 is 13.9 Å². The highest BCUT2D eigenvalue weighted by molar-refractivity contribution is 5.84. The Bertz CT molecular complexity index is 518. The van der Waals surface area contributed by atoms with E-state index in [0.29, 0.717) is 25.5 Å². The summed E-state index contributed by atoms with van der Waals surface area (Å²) in [5.74, 6) is 1.26. The van der Waals surface area contributed by atoms with Crippen molar-refractivity contribution in [3.05, 3.63) is 29.8 Å². The monoisotopic (exact) mass is 338 g/mol. The fourth-order valence-corrected chi connectivity index (χ4v) is 1.85. The van der Waals surface area contributed by atoms with Gasteiger partial charge in [0.2, 0.25) is 5.91 Å². The van der Waals surface area contributed by atoms with Crippen LogP contribution in [0.3, 0.4) is 0 Å². The maximum absolute atomic E-state index is 12.2. The summed E-state index contributed by atoms with van der Waals surface area (Å²) in [7, 11) is 5.01. The van der Waals surface area contributed by atoms with Gasteiger partial charge in [0.05, 0.1) is 13.8 Å². The Morgan fingerprint density at radius 2 is 1.88 bits per heavy atom. The van der Waals surface area contributed by atoms with Crippen LogP contribution in [0.5, 0.6) is 5.75 Å². The number of amides is 1. The quantitative estimate of drug-likeness (QED) is 0.404. The van der Waals surface area contributed by atoms with Crippen molar-refractivity contribution in [1.29, 1.82) is 0 Å². The standard InChI is InChI=1S/C17H27FN4O2/c1-22(2)16(23)13-21-17(19-11-4-10-18)20-12-9-14-5-7-15(24-3)8-6-14/h5-8H,4,9-13H2,1-3H3,(H2,19,20,21). The Labute approximate surface area is 143 Å². The number of likely N-dealkylation sites (N-methyl/N-ethyl adjacent to an activating group) is 1. The molecule has 24 heavy (non-hydrogen) atoms. The molecule has 0 radical (unpaired) electrons. The lowest BCUT2D eigenvalue weighted by Crippen LogP contribution is -2.40. The molecular formula is C17H27FN4O2. The van der Waals surface area contributed by atoms with Crippen molar-refractivity contribution in [3.63, 3.8) is 0 Å². The van der Waals surface area contributed by atoms with Crippen molar-refractivity contribution in [2.24, 2.45) is 4.99 Å². The average Bonchev–Trinajstić information content (AvgIpc) is 2.59. The fraction of sp³-hybridized carbons (Fsp3) is 0.529. The van der Waals surface area contributed by atoms with Gasteiger partial charge in [0.15, 0.2) is 5.96 Å². The van der Waals surface area contributed by atoms with E-state index in [1.165, 1.54) is 4.90 Å². The molecule has 6 nitrogen and oxygen atoms in total. The Morgan fingerprint density at radius 3 is 2.46 bits per heavy atom. The zero-order valence-electron chi connectivity index (χ0n) is 14.6. The van der Waals surface area contributed by atoms with E-state index in [-0.39, 0.29) is 19.1 Å². The van der Waals surface area contributed by atoms with E-state index in [2.05, 4.69) is 15.6 Å². The lowest BCUT2D eigenvalue weighted by Gasteiger charge is -2.13. The predicted octanol–water partition coefficient (Wildman–Crippen LogP) is 1.22. The Hall–Kier alpha value is -2.31. The number of nitrogens with one attached hydrogen (secondary N) is 2. The highest BCUT2D eigenvalue weighted by atomic mass is 19.1. The lowest BCUT2D eigenvalue weighted by atomic mass is 10.1. The summed E-state index contributed by atoms with van der Waals surface area (Å²) >= 11 is 0. The molecule has 0 unspecified atom stereocenters. The number of ether oxygens (including phenoxy) is 1. The first kappa shape index (κ1) is 19.7. The molecule has 0 aliphatic heterocycles. The minimum Gasteiger partial charge on any atom is -0.497 e. The molecular weight excluding hydrogens is 311 g/mol. The van der Waals surface area contributed by atoms with Crippen molar-refractivity contribution >= 4 is 11.9 Å². The van der Waals surface area contributed by atoms with Crippen LogP contribution >= 0.6 is 0 Å². The van der Waals surface area contributed by atoms with E-state index in [1.54, 1.807) is 21.2 Å². The molecule has 1 aromatic rings. The molecule has 0 heterocycles. The zero-order valence-corrected chi connectivity index (χ0v) is 14.6. The lowest BCUT2D eigenvalue weighted by molar-refractivity contribution is -0.127. The van der Waals surface area contributed by atoms with Crippen LogP contribution in [-0.4, -0.2) is 64.3 Å². The van der Waals surface area contributed by atoms with Crippen molar-refractivity contribution in [2.45, 2.75) is 12.8 Å². The molecule has 0 saturated carbocycles. The number of carbonyl (C=O) groups excluding carboxylic acids is 1. The van der Waals surface area contributed by atoms with Crippen LogP contribution in [0.15, 0.2) is 29.3 Å². The second-order valence-electron chi connectivity index (χ2n) is 5.45. The highest BCUT2D eigenvalue weighted by Gasteiger charge is 2.04. The Morgan fingerprint density at radius 1 is 1.21 bits per heavy atom. The van der Waals surface area contributed by atoms with E-state index < -0.39 is 0 Å². The number of rotatable bonds is 9. The molecule has 0 fully saturated rings. The van der Waals surface area contributed by atoms with Crippen LogP contribution in [0.2, 0.25) is 0 Å². The van der Waals surface area contributed by atoms with E-state index in [4.69, 9.17) is 4.74 Å². The van der Waals surface area contributed by atoms with Crippen LogP contribution < -0.4 is 15.4 Å². The summed E-state index contributed by atoms with van der Waals surface area (Å²) < 4.78 is 17.4. The molecule has 134 valence electrons. The molecule has 0 spiro atoms. The zero-order chi connectivity index (χ0) is 17.8. The van der Waals surface area contributed by atoms with Crippen LogP contribution in [-0.2, 0) is 11.2 Å². The summed E-state index contributed by atoms with van der Waals surface area (Å²) in [5.41, 5.74) is 1.16. The number of alkyl halides is 1. The number of aliphatic imine (C=N–C) groups is 1. The first-order valence-corrected chi connectivity index (χ1v) is 7.98. The van der Waals surface area contributed by atoms with Gasteiger partial charge >= 0.3 is 0 Å². The van der Waals surface area contributed by atoms with E-state index in [0.717, 1.165) is 17.7 Å². The topological polar surface area (TPSA) is 66.0 Å². The van der Waals surface area contributed by atoms with E-state index in [1.807, 2.05) is 24.3 Å². The molecule has 0 aliphatic carbocycles. The van der Waals surface area contributed by atoms with Gasteiger partial charge in [0.25, 0.3) is 0 Å². The molecule has 7 heteroatoms. The SMILES string of the molecule is COc1ccc(CCNC(=NCC(=O)N(C)C)NCCCF)cc1. The summed E-state index contributed by atoms with van der Waals surface area (Å²) in [6.07, 6.45) is 1.20. The van der Waals surface area contributed by atoms with Gasteiger partial charge in [-0.2, -0.15) is 0 Å². The minimum absolute atomic E-state index is 0.0560. The molecule has 2 N–H and O–H groups in total. The highest BCUT2D eigenvalue weighted by Crippen LogP contribution is 2.11. The number of carbonyl (C=O) groups is 1. The van der Waals surface area contributed by atoms with Gasteiger partial charge in [0.1, 0.15) is 12.3 Å². The maximum atomic E-state index is 12.2. The number of hydrogen-bond acceptors (Lipinski definition) is 3. The molecule has 0 saturated heterocycles. The van der Waals surface area contributed by atoms with Gasteiger partial charge in [-0.25, -0.2) is 4.99 Å². The molecule has 0 bridgehead atoms. The molecule has 1 amide bonds. The van der Waals surface area contributed by atoms with Gasteiger partial charge in [-0.1, -0.05) is 12.1 Å². The Kier molecular flexibility index (Phi) is 9.26. The van der Waals surface area contributed by atoms with Gasteiger partial charge in [0, 0.05) is 27.2 Å². The molecule has 0 aromatic heterocycles. The van der Waals surface area contributed by atoms with Crippen molar-refractivity contribution in [1.82, 2.24) is 15.5 Å². The van der Waals surface area contributed by atoms with Gasteiger partial charge in [-0.15, -0.1) is 0 Å². The average molecular weight is 338 g/mol. The van der Waals surface area contributed by atoms with Crippen LogP contribution in [0.4, 0.5) is 4.39 Å². The number of hydrogen-bond donors (Lipinski definition) is 2. The third-order valence-electron chi connectivity index (χ3n) is 3.34. The van der Waals surface area contributed by atoms with Crippen LogP contribution in [0.1, 0.15) is 12.0 Å². The summed E-state index contributed by atoms with van der Waals surface area (Å²) in [6, 6.07) is 7.84. The first-order chi connectivity index (χ1) is 11.6. The number of guanidine groups is 1. The largest absolute Gasteiger partial charge is 0.497 e. The van der Waals surface area contributed by atoms with Gasteiger partial charge < -0.3 is 20.3 Å². The van der Waals surface area contributed by atoms with Gasteiger partial charge in [-0.3, -0.25) is 9.18 Å². The van der Waals surface area contributed by atoms with E-state index >= 15 is 0 Å². The summed E-state index contributed by atoms with van der Waals surface area (Å²) in [6.45, 7) is 0.800. The minimum atomic E-state index is -0.386. The molecule has 0 aliphatic rings. The van der Waals surface area contributed by atoms with Crippen LogP contribution in [0.25, 0.3) is 0 Å². The molecule has 1 aromatic carbocycles. The maximum Gasteiger partial charge on any atom is 0.243 e. The number of halogens is 1. The first-order valence-electron chi connectivity index (χ1n) is 7.98. The normalized spacial score (nSPS) is 11.1. The predicted molar refractivity (Wildman–Crippen MR) is 94.3 cm³/mol. The van der Waals surface area contributed by atoms with E-state index in [9.17, 15) is 9.18 Å². The number of benzene rings is 1. The van der Waals surface area contributed by atoms with Crippen LogP contribution in [0, 0.1) is 0 Å². The van der Waals surface area contributed by atoms with Gasteiger partial charge in [-0.05, 0) is 30.5 Å². The summed E-state index contributed by atoms with van der Waals surface area (Å²) in [5, 5.41) is 6.19.